The van der Waals surface area contributed by atoms with E-state index < -0.39 is 0 Å². The maximum absolute atomic E-state index is 4.75. The van der Waals surface area contributed by atoms with Crippen LogP contribution in [0.25, 0.3) is 0 Å². The van der Waals surface area contributed by atoms with Gasteiger partial charge in [0.25, 0.3) is 0 Å². The number of aromatic nitrogens is 3. The van der Waals surface area contributed by atoms with Gasteiger partial charge in [-0.25, -0.2) is 0 Å². The van der Waals surface area contributed by atoms with Crippen LogP contribution in [0.1, 0.15) is 0 Å². The molecule has 0 radical (unpaired) electrons. The van der Waals surface area contributed by atoms with Gasteiger partial charge < -0.3 is 9.47 Å². The van der Waals surface area contributed by atoms with Gasteiger partial charge in [-0.15, -0.1) is 17.6 Å². The first-order chi connectivity index (χ1) is 5.26. The van der Waals surface area contributed by atoms with Crippen LogP contribution in [0.5, 0.6) is 12.0 Å². The Kier molecular flexibility index (Phi) is 5.56. The number of methoxy groups -OCH3 is 2. The third-order valence-corrected chi connectivity index (χ3v) is 1.15. The van der Waals surface area contributed by atoms with Gasteiger partial charge in [0.1, 0.15) is 0 Å². The van der Waals surface area contributed by atoms with Gasteiger partial charge in [-0.2, -0.15) is 9.97 Å². The third-order valence-electron chi connectivity index (χ3n) is 0.948. The molecule has 12 heavy (non-hydrogen) atoms. The zero-order valence-corrected chi connectivity index (χ0v) is 7.00. The second-order valence-corrected chi connectivity index (χ2v) is 2.01. The zero-order chi connectivity index (χ0) is 8.27. The fourth-order valence-corrected chi connectivity index (χ4v) is 0.682. The summed E-state index contributed by atoms with van der Waals surface area (Å²) >= 11 is 3.91. The van der Waals surface area contributed by atoms with Crippen LogP contribution in [0.3, 0.4) is 0 Å². The molecule has 0 spiro atoms. The first kappa shape index (κ1) is 12.0. The Hall–Kier alpha value is -0.0400. The van der Waals surface area contributed by atoms with E-state index in [2.05, 4.69) is 27.6 Å². The summed E-state index contributed by atoms with van der Waals surface area (Å²) in [6.45, 7) is 0. The van der Waals surface area contributed by atoms with Gasteiger partial charge in [0, 0.05) is 0 Å². The predicted octanol–water partition coefficient (Wildman–Crippen LogP) is -0.471. The van der Waals surface area contributed by atoms with Gasteiger partial charge in [0.2, 0.25) is 0 Å². The molecule has 0 atom stereocenters. The zero-order valence-electron chi connectivity index (χ0n) is 6.11. The van der Waals surface area contributed by atoms with E-state index in [9.17, 15) is 0 Å². The molecule has 0 aliphatic rings. The predicted molar refractivity (Wildman–Crippen MR) is 47.3 cm³/mol. The summed E-state index contributed by atoms with van der Waals surface area (Å²) in [6, 6.07) is 0.392. The van der Waals surface area contributed by atoms with E-state index in [-0.39, 0.29) is 46.7 Å². The van der Waals surface area contributed by atoms with Crippen molar-refractivity contribution in [3.63, 3.8) is 0 Å². The number of hydrogen-bond donors (Lipinski definition) is 1. The van der Waals surface area contributed by atoms with Crippen molar-refractivity contribution < 1.29 is 9.47 Å². The Labute approximate surface area is 97.6 Å². The average molecular weight is 197 g/mol. The van der Waals surface area contributed by atoms with Gasteiger partial charge in [-0.1, -0.05) is 0 Å². The molecule has 0 fully saturated rings. The van der Waals surface area contributed by atoms with Crippen LogP contribution in [-0.4, -0.2) is 58.7 Å². The standard InChI is InChI=1S/C5H7N3O2S.Na.H/c1-9-3-6-4(10-2)8-5(11)7-3;;/h1-2H3,(H,6,7,8,11);;. The molecule has 7 heteroatoms. The van der Waals surface area contributed by atoms with Crippen molar-refractivity contribution in [1.29, 1.82) is 0 Å². The SMILES string of the molecule is COc1nc(S)nc(OC)n1.[NaH]. The van der Waals surface area contributed by atoms with Gasteiger partial charge in [0.05, 0.1) is 14.2 Å². The summed E-state index contributed by atoms with van der Waals surface area (Å²) in [7, 11) is 2.92. The molecule has 62 valence electrons. The monoisotopic (exact) mass is 197 g/mol. The molecule has 1 aromatic heterocycles. The molecule has 0 saturated carbocycles. The van der Waals surface area contributed by atoms with Crippen molar-refractivity contribution in [3.05, 3.63) is 0 Å². The van der Waals surface area contributed by atoms with Crippen LogP contribution in [0.4, 0.5) is 0 Å². The number of nitrogens with zero attached hydrogens (tertiary/aromatic N) is 3. The van der Waals surface area contributed by atoms with Gasteiger partial charge >= 0.3 is 41.6 Å². The minimum absolute atomic E-state index is 0. The van der Waals surface area contributed by atoms with Crippen molar-refractivity contribution >= 4 is 42.2 Å². The van der Waals surface area contributed by atoms with Crippen LogP contribution in [0.2, 0.25) is 0 Å². The molecule has 5 nitrogen and oxygen atoms in total. The molecule has 1 rings (SSSR count). The number of thiol groups is 1. The summed E-state index contributed by atoms with van der Waals surface area (Å²) in [6.07, 6.45) is 0. The van der Waals surface area contributed by atoms with Crippen LogP contribution >= 0.6 is 12.6 Å². The molecular formula is C5H8N3NaO2S. The molecule has 0 amide bonds. The molecule has 0 saturated heterocycles. The van der Waals surface area contributed by atoms with Crippen molar-refractivity contribution in [2.45, 2.75) is 5.16 Å². The average Bonchev–Trinajstić information content (AvgIpc) is 2.03. The minimum atomic E-state index is 0. The fraction of sp³-hybridized carbons (Fsp3) is 0.400. The normalized spacial score (nSPS) is 8.58. The van der Waals surface area contributed by atoms with Crippen molar-refractivity contribution in [1.82, 2.24) is 15.0 Å². The van der Waals surface area contributed by atoms with E-state index in [0.717, 1.165) is 0 Å². The van der Waals surface area contributed by atoms with Crippen molar-refractivity contribution in [2.24, 2.45) is 0 Å². The fourth-order valence-electron chi connectivity index (χ4n) is 0.510. The quantitative estimate of drug-likeness (QED) is 0.513. The second kappa shape index (κ2) is 5.58. The summed E-state index contributed by atoms with van der Waals surface area (Å²) < 4.78 is 9.49. The van der Waals surface area contributed by atoms with Gasteiger partial charge in [0.15, 0.2) is 5.16 Å². The number of hydrogen-bond acceptors (Lipinski definition) is 6. The molecule has 0 aromatic carbocycles. The summed E-state index contributed by atoms with van der Waals surface area (Å²) in [4.78, 5) is 11.2. The summed E-state index contributed by atoms with van der Waals surface area (Å²) in [5.74, 6) is 0. The molecule has 0 N–H and O–H groups in total. The van der Waals surface area contributed by atoms with E-state index in [4.69, 9.17) is 9.47 Å². The number of ether oxygens (including phenoxy) is 2. The molecular weight excluding hydrogens is 189 g/mol. The van der Waals surface area contributed by atoms with E-state index in [1.54, 1.807) is 0 Å². The molecule has 0 aliphatic heterocycles. The van der Waals surface area contributed by atoms with E-state index >= 15 is 0 Å². The van der Waals surface area contributed by atoms with E-state index in [1.807, 2.05) is 0 Å². The van der Waals surface area contributed by atoms with E-state index in [0.29, 0.717) is 0 Å². The first-order valence-corrected chi connectivity index (χ1v) is 3.24. The molecule has 0 unspecified atom stereocenters. The molecule has 1 aromatic rings. The summed E-state index contributed by atoms with van der Waals surface area (Å²) in [5.41, 5.74) is 0. The van der Waals surface area contributed by atoms with Crippen LogP contribution in [0, 0.1) is 0 Å². The second-order valence-electron chi connectivity index (χ2n) is 1.61. The summed E-state index contributed by atoms with van der Waals surface area (Å²) in [5, 5.41) is 0.272. The van der Waals surface area contributed by atoms with Crippen molar-refractivity contribution in [2.75, 3.05) is 14.2 Å². The number of rotatable bonds is 2. The third kappa shape index (κ3) is 3.14. The maximum atomic E-state index is 4.75. The topological polar surface area (TPSA) is 57.1 Å². The Morgan fingerprint density at radius 1 is 1.00 bits per heavy atom. The van der Waals surface area contributed by atoms with Gasteiger partial charge in [-0.05, 0) is 0 Å². The molecule has 0 aliphatic carbocycles. The Bertz CT molecular complexity index is 238. The van der Waals surface area contributed by atoms with E-state index in [1.165, 1.54) is 14.2 Å². The van der Waals surface area contributed by atoms with Gasteiger partial charge in [-0.3, -0.25) is 0 Å². The van der Waals surface area contributed by atoms with Crippen LogP contribution in [0.15, 0.2) is 5.16 Å². The molecule has 1 heterocycles. The molecule has 0 bridgehead atoms. The van der Waals surface area contributed by atoms with Crippen LogP contribution < -0.4 is 9.47 Å². The van der Waals surface area contributed by atoms with Crippen molar-refractivity contribution in [3.8, 4) is 12.0 Å². The van der Waals surface area contributed by atoms with Crippen LogP contribution in [-0.2, 0) is 0 Å². The Morgan fingerprint density at radius 3 is 1.75 bits per heavy atom. The Balaban J connectivity index is 0.00000121. The first-order valence-electron chi connectivity index (χ1n) is 2.79. The Morgan fingerprint density at radius 2 is 1.42 bits per heavy atom.